The van der Waals surface area contributed by atoms with Crippen LogP contribution in [-0.2, 0) is 10.3 Å². The molecule has 0 fully saturated rings. The van der Waals surface area contributed by atoms with Gasteiger partial charge in [-0.15, -0.1) is 0 Å². The number of benzene rings is 1. The molecular formula is C25H21F6N5O2S. The Morgan fingerprint density at radius 2 is 1.95 bits per heavy atom. The van der Waals surface area contributed by atoms with E-state index in [1.807, 2.05) is 6.08 Å². The standard InChI is InChI=1S/C25H21F6N5O2S/c1-23(17-8-24(17,10-37-2)39-22(32)36-23)15-6-13(7-16(26)18(15)27)35-20-19-12(3-4-33-20)5-14(9-34-19)38-11-25(30,31)21(28)29/h3-9,21H,10-11H2,1-2H3,(H2,32,36)(H,33,35)/t23-,24-/m1/s1. The van der Waals surface area contributed by atoms with Gasteiger partial charge in [0.05, 0.1) is 17.6 Å². The maximum Gasteiger partial charge on any atom is 0.340 e. The Morgan fingerprint density at radius 1 is 1.18 bits per heavy atom. The molecule has 3 N–H and O–H groups in total. The summed E-state index contributed by atoms with van der Waals surface area (Å²) in [5, 5.41) is 3.48. The lowest BCUT2D eigenvalue weighted by Crippen LogP contribution is -2.37. The number of hydrogen-bond acceptors (Lipinski definition) is 8. The van der Waals surface area contributed by atoms with Crippen molar-refractivity contribution in [2.24, 2.45) is 10.7 Å². The van der Waals surface area contributed by atoms with E-state index in [0.29, 0.717) is 5.39 Å². The zero-order valence-corrected chi connectivity index (χ0v) is 21.3. The smallest absolute Gasteiger partial charge is 0.340 e. The summed E-state index contributed by atoms with van der Waals surface area (Å²) in [5.74, 6) is -6.57. The average Bonchev–Trinajstić information content (AvgIpc) is 3.59. The van der Waals surface area contributed by atoms with Gasteiger partial charge in [0, 0.05) is 36.0 Å². The molecule has 0 spiro atoms. The molecule has 3 aromatic rings. The maximum atomic E-state index is 15.2. The second-order valence-corrected chi connectivity index (χ2v) is 10.6. The third kappa shape index (κ3) is 4.86. The molecule has 39 heavy (non-hydrogen) atoms. The van der Waals surface area contributed by atoms with Gasteiger partial charge in [-0.1, -0.05) is 17.8 Å². The van der Waals surface area contributed by atoms with E-state index < -0.39 is 40.9 Å². The molecule has 0 unspecified atom stereocenters. The van der Waals surface area contributed by atoms with E-state index in [-0.39, 0.29) is 40.1 Å². The Balaban J connectivity index is 1.46. The highest BCUT2D eigenvalue weighted by atomic mass is 32.2. The highest BCUT2D eigenvalue weighted by Gasteiger charge is 2.58. The number of nitrogens with zero attached hydrogens (tertiary/aromatic N) is 3. The minimum Gasteiger partial charge on any atom is -0.485 e. The fraction of sp³-hybridized carbons (Fsp3) is 0.320. The van der Waals surface area contributed by atoms with E-state index >= 15 is 4.39 Å². The number of fused-ring (bicyclic) bond motifs is 2. The molecule has 5 rings (SSSR count). The van der Waals surface area contributed by atoms with Gasteiger partial charge < -0.3 is 20.5 Å². The van der Waals surface area contributed by atoms with Gasteiger partial charge in [0.1, 0.15) is 16.8 Å². The van der Waals surface area contributed by atoms with Crippen molar-refractivity contribution in [1.29, 1.82) is 0 Å². The monoisotopic (exact) mass is 569 g/mol. The van der Waals surface area contributed by atoms with Crippen molar-refractivity contribution in [3.8, 4) is 5.75 Å². The number of halogens is 6. The predicted molar refractivity (Wildman–Crippen MR) is 135 cm³/mol. The molecule has 0 saturated carbocycles. The number of thioether (sulfide) groups is 1. The number of anilines is 2. The van der Waals surface area contributed by atoms with Gasteiger partial charge in [-0.25, -0.2) is 32.5 Å². The first-order chi connectivity index (χ1) is 18.4. The van der Waals surface area contributed by atoms with E-state index in [4.69, 9.17) is 15.2 Å². The average molecular weight is 570 g/mol. The second kappa shape index (κ2) is 9.59. The second-order valence-electron chi connectivity index (χ2n) is 9.20. The molecule has 0 bridgehead atoms. The normalized spacial score (nSPS) is 22.4. The van der Waals surface area contributed by atoms with E-state index in [9.17, 15) is 22.0 Å². The maximum absolute atomic E-state index is 15.2. The number of amidine groups is 1. The predicted octanol–water partition coefficient (Wildman–Crippen LogP) is 5.53. The molecule has 1 aromatic carbocycles. The van der Waals surface area contributed by atoms with E-state index in [2.05, 4.69) is 20.3 Å². The third-order valence-electron chi connectivity index (χ3n) is 6.39. The minimum absolute atomic E-state index is 0.0543. The van der Waals surface area contributed by atoms with E-state index in [1.165, 1.54) is 43.3 Å². The topological polar surface area (TPSA) is 94.6 Å². The van der Waals surface area contributed by atoms with Crippen molar-refractivity contribution in [2.75, 3.05) is 25.6 Å². The van der Waals surface area contributed by atoms with Crippen LogP contribution in [0.4, 0.5) is 37.8 Å². The summed E-state index contributed by atoms with van der Waals surface area (Å²) in [7, 11) is 1.53. The molecule has 206 valence electrons. The molecule has 1 aliphatic heterocycles. The van der Waals surface area contributed by atoms with Crippen LogP contribution in [0.1, 0.15) is 12.5 Å². The Hall–Kier alpha value is -3.52. The highest BCUT2D eigenvalue weighted by Crippen LogP contribution is 2.60. The summed E-state index contributed by atoms with van der Waals surface area (Å²) in [5.41, 5.74) is 5.82. The van der Waals surface area contributed by atoms with Crippen molar-refractivity contribution in [3.05, 3.63) is 65.5 Å². The van der Waals surface area contributed by atoms with Gasteiger partial charge in [0.2, 0.25) is 0 Å². The Bertz CT molecular complexity index is 1520. The van der Waals surface area contributed by atoms with Gasteiger partial charge in [-0.3, -0.25) is 0 Å². The Morgan fingerprint density at radius 3 is 2.67 bits per heavy atom. The highest BCUT2D eigenvalue weighted by molar-refractivity contribution is 8.15. The van der Waals surface area contributed by atoms with Crippen LogP contribution in [-0.4, -0.2) is 52.6 Å². The van der Waals surface area contributed by atoms with Crippen LogP contribution in [0.25, 0.3) is 10.9 Å². The van der Waals surface area contributed by atoms with Gasteiger partial charge in [-0.2, -0.15) is 8.78 Å². The van der Waals surface area contributed by atoms with Crippen LogP contribution in [0.5, 0.6) is 5.75 Å². The molecule has 0 radical (unpaired) electrons. The molecule has 1 aliphatic carbocycles. The largest absolute Gasteiger partial charge is 0.485 e. The van der Waals surface area contributed by atoms with Crippen LogP contribution < -0.4 is 15.8 Å². The van der Waals surface area contributed by atoms with Crippen LogP contribution >= 0.6 is 11.8 Å². The minimum atomic E-state index is -4.33. The lowest BCUT2D eigenvalue weighted by atomic mass is 9.86. The number of nitrogens with one attached hydrogen (secondary N) is 1. The molecule has 7 nitrogen and oxygen atoms in total. The molecule has 14 heteroatoms. The fourth-order valence-corrected chi connectivity index (χ4v) is 5.76. The van der Waals surface area contributed by atoms with Crippen molar-refractivity contribution >= 4 is 39.3 Å². The number of ether oxygens (including phenoxy) is 2. The molecule has 0 saturated heterocycles. The fourth-order valence-electron chi connectivity index (χ4n) is 4.50. The summed E-state index contributed by atoms with van der Waals surface area (Å²) in [4.78, 5) is 12.8. The van der Waals surface area contributed by atoms with Crippen molar-refractivity contribution in [2.45, 2.75) is 29.6 Å². The van der Waals surface area contributed by atoms with Gasteiger partial charge in [-0.05, 0) is 30.7 Å². The molecule has 3 heterocycles. The summed E-state index contributed by atoms with van der Waals surface area (Å²) in [6.07, 6.45) is 0.426. The van der Waals surface area contributed by atoms with Gasteiger partial charge in [0.25, 0.3) is 0 Å². The number of pyridine rings is 2. The first kappa shape index (κ1) is 27.1. The summed E-state index contributed by atoms with van der Waals surface area (Å²) in [6, 6.07) is 5.16. The van der Waals surface area contributed by atoms with Crippen LogP contribution in [0.2, 0.25) is 0 Å². The number of hydrogen-bond donors (Lipinski definition) is 2. The third-order valence-corrected chi connectivity index (χ3v) is 7.51. The Kier molecular flexibility index (Phi) is 6.66. The van der Waals surface area contributed by atoms with Crippen LogP contribution in [0, 0.1) is 11.6 Å². The first-order valence-corrected chi connectivity index (χ1v) is 12.3. The van der Waals surface area contributed by atoms with Gasteiger partial charge >= 0.3 is 12.3 Å². The summed E-state index contributed by atoms with van der Waals surface area (Å²) >= 11 is 1.28. The summed E-state index contributed by atoms with van der Waals surface area (Å²) < 4.78 is 90.8. The zero-order valence-electron chi connectivity index (χ0n) is 20.4. The molecule has 2 aliphatic rings. The van der Waals surface area contributed by atoms with Crippen LogP contribution in [0.3, 0.4) is 0 Å². The van der Waals surface area contributed by atoms with Crippen molar-refractivity contribution < 1.29 is 35.8 Å². The molecule has 2 atom stereocenters. The van der Waals surface area contributed by atoms with Gasteiger partial charge in [0.15, 0.2) is 29.2 Å². The van der Waals surface area contributed by atoms with E-state index in [0.717, 1.165) is 17.8 Å². The molecule has 2 aromatic heterocycles. The number of rotatable bonds is 9. The molecule has 0 amide bonds. The summed E-state index contributed by atoms with van der Waals surface area (Å²) in [6.45, 7) is 0.400. The first-order valence-electron chi connectivity index (χ1n) is 11.5. The van der Waals surface area contributed by atoms with Crippen molar-refractivity contribution in [3.63, 3.8) is 0 Å². The zero-order chi connectivity index (χ0) is 28.2. The number of nitrogens with two attached hydrogens (primary N) is 1. The number of aromatic nitrogens is 2. The number of aliphatic imine (C=N–C) groups is 1. The lowest BCUT2D eigenvalue weighted by molar-refractivity contribution is -0.148. The quantitative estimate of drug-likeness (QED) is 0.258. The van der Waals surface area contributed by atoms with E-state index in [1.54, 1.807) is 6.92 Å². The lowest BCUT2D eigenvalue weighted by Gasteiger charge is -2.34. The SMILES string of the molecule is COC[C@]12C=C1[C@@](C)(c1cc(Nc3nccc4cc(OCC(F)(F)C(F)F)cnc34)cc(F)c1F)N=C(N)S2. The Labute approximate surface area is 222 Å². The van der Waals surface area contributed by atoms with Crippen molar-refractivity contribution in [1.82, 2.24) is 9.97 Å². The number of methoxy groups -OCH3 is 1. The number of alkyl halides is 4. The molecular weight excluding hydrogens is 548 g/mol. The van der Waals surface area contributed by atoms with Crippen LogP contribution in [0.15, 0.2) is 53.3 Å².